The van der Waals surface area contributed by atoms with Crippen LogP contribution in [0.4, 0.5) is 11.4 Å². The largest absolute Gasteiger partial charge is 0.481 e. The molecule has 2 aromatic rings. The number of anilines is 2. The molecule has 0 saturated carbocycles. The van der Waals surface area contributed by atoms with Gasteiger partial charge in [-0.25, -0.2) is 4.98 Å². The van der Waals surface area contributed by atoms with Crippen molar-refractivity contribution in [1.82, 2.24) is 4.98 Å². The number of fused-ring (bicyclic) bond motifs is 1. The number of nitrogens with zero attached hydrogens (tertiary/aromatic N) is 2. The van der Waals surface area contributed by atoms with Crippen LogP contribution < -0.4 is 15.0 Å². The quantitative estimate of drug-likeness (QED) is 0.939. The molecule has 1 aromatic carbocycles. The highest BCUT2D eigenvalue weighted by atomic mass is 35.5. The lowest BCUT2D eigenvalue weighted by Crippen LogP contribution is -2.38. The molecule has 1 aromatic heterocycles. The van der Waals surface area contributed by atoms with Gasteiger partial charge in [0.1, 0.15) is 5.75 Å². The van der Waals surface area contributed by atoms with E-state index in [9.17, 15) is 4.79 Å². The van der Waals surface area contributed by atoms with Gasteiger partial charge >= 0.3 is 0 Å². The van der Waals surface area contributed by atoms with Gasteiger partial charge in [0.05, 0.1) is 12.2 Å². The van der Waals surface area contributed by atoms with Crippen molar-refractivity contribution in [1.29, 1.82) is 0 Å². The molecule has 0 atom stereocenters. The van der Waals surface area contributed by atoms with Crippen LogP contribution in [0.15, 0.2) is 24.4 Å². The van der Waals surface area contributed by atoms with Crippen molar-refractivity contribution in [3.05, 3.63) is 33.7 Å². The first-order valence-electron chi connectivity index (χ1n) is 6.58. The van der Waals surface area contributed by atoms with E-state index in [4.69, 9.17) is 16.3 Å². The van der Waals surface area contributed by atoms with Crippen LogP contribution in [0.25, 0.3) is 0 Å². The average molecular weight is 324 g/mol. The predicted octanol–water partition coefficient (Wildman–Crippen LogP) is 3.15. The standard InChI is InChI=1S/C14H14ClN3O2S/c1-2-18-11-4-3-9(5-12(11)20-8-13(18)19)16-6-10-7-17-14(15)21-10/h3-5,7,16H,2,6,8H2,1H3. The fourth-order valence-corrected chi connectivity index (χ4v) is 3.13. The molecule has 21 heavy (non-hydrogen) atoms. The lowest BCUT2D eigenvalue weighted by molar-refractivity contribution is -0.121. The molecule has 0 bridgehead atoms. The molecule has 0 fully saturated rings. The number of hydrogen-bond acceptors (Lipinski definition) is 5. The highest BCUT2D eigenvalue weighted by molar-refractivity contribution is 7.15. The highest BCUT2D eigenvalue weighted by Gasteiger charge is 2.24. The lowest BCUT2D eigenvalue weighted by atomic mass is 10.2. The summed E-state index contributed by atoms with van der Waals surface area (Å²) in [6, 6.07) is 5.75. The van der Waals surface area contributed by atoms with E-state index in [1.807, 2.05) is 25.1 Å². The number of thiazole rings is 1. The van der Waals surface area contributed by atoms with Crippen LogP contribution in [0.5, 0.6) is 5.75 Å². The number of rotatable bonds is 4. The summed E-state index contributed by atoms with van der Waals surface area (Å²) in [4.78, 5) is 18.5. The number of halogens is 1. The van der Waals surface area contributed by atoms with Gasteiger partial charge in [0.25, 0.3) is 5.91 Å². The molecule has 1 aliphatic heterocycles. The Morgan fingerprint density at radius 2 is 2.38 bits per heavy atom. The zero-order chi connectivity index (χ0) is 14.8. The van der Waals surface area contributed by atoms with Crippen molar-refractivity contribution in [2.75, 3.05) is 23.4 Å². The minimum Gasteiger partial charge on any atom is -0.481 e. The first kappa shape index (κ1) is 14.2. The molecule has 7 heteroatoms. The summed E-state index contributed by atoms with van der Waals surface area (Å²) in [6.45, 7) is 3.34. The fraction of sp³-hybridized carbons (Fsp3) is 0.286. The number of benzene rings is 1. The highest BCUT2D eigenvalue weighted by Crippen LogP contribution is 2.34. The van der Waals surface area contributed by atoms with Crippen LogP contribution in [0.2, 0.25) is 4.47 Å². The minimum absolute atomic E-state index is 0.00925. The van der Waals surface area contributed by atoms with E-state index in [0.29, 0.717) is 17.6 Å². The Morgan fingerprint density at radius 3 is 3.10 bits per heavy atom. The Labute approximate surface area is 131 Å². The van der Waals surface area contributed by atoms with Gasteiger partial charge in [-0.05, 0) is 19.1 Å². The van der Waals surface area contributed by atoms with E-state index in [1.165, 1.54) is 11.3 Å². The normalized spacial score (nSPS) is 13.8. The molecule has 0 spiro atoms. The minimum atomic E-state index is -0.00925. The van der Waals surface area contributed by atoms with Crippen molar-refractivity contribution in [3.63, 3.8) is 0 Å². The van der Waals surface area contributed by atoms with Gasteiger partial charge in [-0.1, -0.05) is 11.6 Å². The van der Waals surface area contributed by atoms with Crippen molar-refractivity contribution >= 4 is 40.2 Å². The summed E-state index contributed by atoms with van der Waals surface area (Å²) in [5.41, 5.74) is 1.75. The van der Waals surface area contributed by atoms with Crippen molar-refractivity contribution in [2.45, 2.75) is 13.5 Å². The Kier molecular flexibility index (Phi) is 3.98. The van der Waals surface area contributed by atoms with Crippen molar-refractivity contribution in [3.8, 4) is 5.75 Å². The number of carbonyl (C=O) groups excluding carboxylic acids is 1. The van der Waals surface area contributed by atoms with E-state index in [1.54, 1.807) is 11.1 Å². The van der Waals surface area contributed by atoms with E-state index >= 15 is 0 Å². The molecule has 1 amide bonds. The molecule has 0 unspecified atom stereocenters. The molecular formula is C14H14ClN3O2S. The number of hydrogen-bond donors (Lipinski definition) is 1. The topological polar surface area (TPSA) is 54.5 Å². The lowest BCUT2D eigenvalue weighted by Gasteiger charge is -2.28. The van der Waals surface area contributed by atoms with Crippen LogP contribution in [0.3, 0.4) is 0 Å². The third kappa shape index (κ3) is 2.96. The first-order chi connectivity index (χ1) is 10.2. The summed E-state index contributed by atoms with van der Waals surface area (Å²) in [5.74, 6) is 0.716. The SMILES string of the molecule is CCN1C(=O)COc2cc(NCc3cnc(Cl)s3)ccc21. The average Bonchev–Trinajstić information content (AvgIpc) is 2.90. The van der Waals surface area contributed by atoms with E-state index in [0.717, 1.165) is 22.0 Å². The molecular weight excluding hydrogens is 310 g/mol. The summed E-state index contributed by atoms with van der Waals surface area (Å²) < 4.78 is 6.04. The molecule has 0 radical (unpaired) electrons. The van der Waals surface area contributed by atoms with Crippen LogP contribution >= 0.6 is 22.9 Å². The molecule has 5 nitrogen and oxygen atoms in total. The van der Waals surface area contributed by atoms with Crippen LogP contribution in [-0.2, 0) is 11.3 Å². The van der Waals surface area contributed by atoms with E-state index in [2.05, 4.69) is 10.3 Å². The third-order valence-electron chi connectivity index (χ3n) is 3.21. The van der Waals surface area contributed by atoms with E-state index < -0.39 is 0 Å². The maximum Gasteiger partial charge on any atom is 0.265 e. The molecule has 0 saturated heterocycles. The Morgan fingerprint density at radius 1 is 1.52 bits per heavy atom. The van der Waals surface area contributed by atoms with Gasteiger partial charge in [-0.15, -0.1) is 11.3 Å². The van der Waals surface area contributed by atoms with Gasteiger partial charge in [0.2, 0.25) is 0 Å². The predicted molar refractivity (Wildman–Crippen MR) is 84.4 cm³/mol. The smallest absolute Gasteiger partial charge is 0.265 e. The Hall–Kier alpha value is -1.79. The van der Waals surface area contributed by atoms with Gasteiger partial charge in [-0.3, -0.25) is 4.79 Å². The maximum absolute atomic E-state index is 11.8. The third-order valence-corrected chi connectivity index (χ3v) is 4.33. The number of amides is 1. The second kappa shape index (κ2) is 5.91. The van der Waals surface area contributed by atoms with Gasteiger partial charge in [0.15, 0.2) is 11.1 Å². The van der Waals surface area contributed by atoms with Crippen LogP contribution in [0, 0.1) is 0 Å². The van der Waals surface area contributed by atoms with E-state index in [-0.39, 0.29) is 12.5 Å². The molecule has 0 aliphatic carbocycles. The van der Waals surface area contributed by atoms with Crippen molar-refractivity contribution < 1.29 is 9.53 Å². The monoisotopic (exact) mass is 323 g/mol. The number of aromatic nitrogens is 1. The maximum atomic E-state index is 11.8. The summed E-state index contributed by atoms with van der Waals surface area (Å²) in [5, 5.41) is 3.30. The Bertz CT molecular complexity index is 674. The molecule has 110 valence electrons. The van der Waals surface area contributed by atoms with Gasteiger partial charge in [-0.2, -0.15) is 0 Å². The summed E-state index contributed by atoms with van der Waals surface area (Å²) in [7, 11) is 0. The van der Waals surface area contributed by atoms with Gasteiger partial charge < -0.3 is 15.0 Å². The van der Waals surface area contributed by atoms with Crippen LogP contribution in [-0.4, -0.2) is 24.0 Å². The fourth-order valence-electron chi connectivity index (χ4n) is 2.22. The zero-order valence-electron chi connectivity index (χ0n) is 11.4. The number of likely N-dealkylation sites (N-methyl/N-ethyl adjacent to an activating group) is 1. The number of nitrogens with one attached hydrogen (secondary N) is 1. The van der Waals surface area contributed by atoms with Crippen molar-refractivity contribution in [2.24, 2.45) is 0 Å². The molecule has 2 heterocycles. The molecule has 1 N–H and O–H groups in total. The molecule has 1 aliphatic rings. The number of ether oxygens (including phenoxy) is 1. The zero-order valence-corrected chi connectivity index (χ0v) is 13.0. The second-order valence-electron chi connectivity index (χ2n) is 4.54. The van der Waals surface area contributed by atoms with Gasteiger partial charge in [0, 0.05) is 29.4 Å². The second-order valence-corrected chi connectivity index (χ2v) is 6.24. The Balaban J connectivity index is 1.75. The summed E-state index contributed by atoms with van der Waals surface area (Å²) >= 11 is 7.25. The first-order valence-corrected chi connectivity index (χ1v) is 7.78. The number of carbonyl (C=O) groups is 1. The molecule has 3 rings (SSSR count). The van der Waals surface area contributed by atoms with Crippen LogP contribution in [0.1, 0.15) is 11.8 Å². The summed E-state index contributed by atoms with van der Waals surface area (Å²) in [6.07, 6.45) is 1.76.